The minimum absolute atomic E-state index is 0.299. The van der Waals surface area contributed by atoms with E-state index in [0.29, 0.717) is 24.3 Å². The molecule has 4 rings (SSSR count). The zero-order chi connectivity index (χ0) is 29.1. The van der Waals surface area contributed by atoms with Gasteiger partial charge in [-0.25, -0.2) is 4.99 Å². The van der Waals surface area contributed by atoms with Crippen molar-refractivity contribution in [3.05, 3.63) is 76.0 Å². The molecule has 0 radical (unpaired) electrons. The molecule has 1 fully saturated rings. The van der Waals surface area contributed by atoms with Crippen LogP contribution in [0, 0.1) is 0 Å². The van der Waals surface area contributed by atoms with Crippen molar-refractivity contribution >= 4 is 34.0 Å². The fourth-order valence-corrected chi connectivity index (χ4v) is 4.98. The molecule has 0 saturated carbocycles. The maximum absolute atomic E-state index is 10.8. The summed E-state index contributed by atoms with van der Waals surface area (Å²) >= 11 is 3.59. The number of guanidine groups is 1. The summed E-state index contributed by atoms with van der Waals surface area (Å²) in [5.74, 6) is 2.78. The van der Waals surface area contributed by atoms with Crippen LogP contribution in [0.15, 0.2) is 75.5 Å². The SMILES string of the molecule is CC.CC1=C(/C(Br)=C\NC=O)NC(NC2CCN(C)CC2)=NC1Nc1ccc(Oc2ccc(C(C)C)cc2)cc1. The van der Waals surface area contributed by atoms with E-state index in [1.807, 2.05) is 57.2 Å². The molecule has 8 nitrogen and oxygen atoms in total. The number of nitrogens with zero attached hydrogens (tertiary/aromatic N) is 2. The number of anilines is 1. The number of nitrogens with one attached hydrogen (secondary N) is 4. The molecular formula is C31H43BrN6O2. The summed E-state index contributed by atoms with van der Waals surface area (Å²) in [5, 5.41) is 13.1. The molecule has 2 aliphatic heterocycles. The number of carbonyl (C=O) groups is 1. The Kier molecular flexibility index (Phi) is 12.1. The van der Waals surface area contributed by atoms with Gasteiger partial charge in [0.25, 0.3) is 0 Å². The number of aliphatic imine (C=N–C) groups is 1. The average molecular weight is 612 g/mol. The third-order valence-corrected chi connectivity index (χ3v) is 7.45. The highest BCUT2D eigenvalue weighted by Crippen LogP contribution is 2.28. The van der Waals surface area contributed by atoms with Crippen LogP contribution in [-0.2, 0) is 4.79 Å². The molecule has 9 heteroatoms. The molecule has 2 aromatic rings. The molecule has 1 unspecified atom stereocenters. The fourth-order valence-electron chi connectivity index (χ4n) is 4.43. The summed E-state index contributed by atoms with van der Waals surface area (Å²) in [6.45, 7) is 12.5. The number of likely N-dealkylation sites (tertiary alicyclic amines) is 1. The van der Waals surface area contributed by atoms with E-state index in [-0.39, 0.29) is 6.17 Å². The van der Waals surface area contributed by atoms with Gasteiger partial charge in [0.05, 0.1) is 10.2 Å². The van der Waals surface area contributed by atoms with E-state index in [4.69, 9.17) is 9.73 Å². The Morgan fingerprint density at radius 3 is 2.23 bits per heavy atom. The van der Waals surface area contributed by atoms with Gasteiger partial charge < -0.3 is 30.9 Å². The average Bonchev–Trinajstić information content (AvgIpc) is 2.97. The van der Waals surface area contributed by atoms with Crippen molar-refractivity contribution in [1.82, 2.24) is 20.9 Å². The van der Waals surface area contributed by atoms with Crippen LogP contribution in [0.5, 0.6) is 11.5 Å². The predicted octanol–water partition coefficient (Wildman–Crippen LogP) is 6.27. The molecule has 1 saturated heterocycles. The minimum atomic E-state index is -0.299. The zero-order valence-corrected chi connectivity index (χ0v) is 26.0. The summed E-state index contributed by atoms with van der Waals surface area (Å²) in [5.41, 5.74) is 4.05. The van der Waals surface area contributed by atoms with E-state index < -0.39 is 0 Å². The third kappa shape index (κ3) is 8.86. The van der Waals surface area contributed by atoms with Crippen LogP contribution < -0.4 is 26.0 Å². The van der Waals surface area contributed by atoms with Gasteiger partial charge in [-0.15, -0.1) is 0 Å². The van der Waals surface area contributed by atoms with Crippen molar-refractivity contribution in [2.45, 2.75) is 65.6 Å². The van der Waals surface area contributed by atoms with Gasteiger partial charge in [0, 0.05) is 17.9 Å². The van der Waals surface area contributed by atoms with Gasteiger partial charge in [-0.2, -0.15) is 0 Å². The maximum atomic E-state index is 10.8. The first-order chi connectivity index (χ1) is 19.3. The third-order valence-electron chi connectivity index (χ3n) is 6.82. The van der Waals surface area contributed by atoms with Crippen molar-refractivity contribution in [1.29, 1.82) is 0 Å². The van der Waals surface area contributed by atoms with Crippen molar-refractivity contribution in [2.24, 2.45) is 4.99 Å². The van der Waals surface area contributed by atoms with E-state index in [9.17, 15) is 4.79 Å². The Hall–Kier alpha value is -3.30. The molecule has 0 bridgehead atoms. The molecule has 4 N–H and O–H groups in total. The fraction of sp³-hybridized carbons (Fsp3) is 0.419. The van der Waals surface area contributed by atoms with Gasteiger partial charge >= 0.3 is 0 Å². The number of amides is 1. The van der Waals surface area contributed by atoms with Crippen LogP contribution in [-0.4, -0.2) is 49.6 Å². The maximum Gasteiger partial charge on any atom is 0.211 e. The number of benzene rings is 2. The second-order valence-corrected chi connectivity index (χ2v) is 10.9. The molecule has 1 atom stereocenters. The molecular weight excluding hydrogens is 568 g/mol. The van der Waals surface area contributed by atoms with E-state index in [2.05, 4.69) is 75.1 Å². The molecule has 1 amide bonds. The summed E-state index contributed by atoms with van der Waals surface area (Å²) in [6, 6.07) is 16.4. The number of carbonyl (C=O) groups excluding carboxylic acids is 1. The van der Waals surface area contributed by atoms with Gasteiger partial charge in [0.2, 0.25) is 6.41 Å². The van der Waals surface area contributed by atoms with Gasteiger partial charge in [0.15, 0.2) is 5.96 Å². The largest absolute Gasteiger partial charge is 0.457 e. The highest BCUT2D eigenvalue weighted by molar-refractivity contribution is 9.12. The van der Waals surface area contributed by atoms with Crippen LogP contribution in [0.4, 0.5) is 5.69 Å². The summed E-state index contributed by atoms with van der Waals surface area (Å²) in [7, 11) is 2.15. The summed E-state index contributed by atoms with van der Waals surface area (Å²) in [4.78, 5) is 18.1. The predicted molar refractivity (Wildman–Crippen MR) is 169 cm³/mol. The first-order valence-corrected chi connectivity index (χ1v) is 14.8. The first kappa shape index (κ1) is 31.2. The van der Waals surface area contributed by atoms with Gasteiger partial charge in [-0.05, 0) is 109 Å². The number of piperidine rings is 1. The number of rotatable bonds is 9. The van der Waals surface area contributed by atoms with Crippen molar-refractivity contribution < 1.29 is 9.53 Å². The Morgan fingerprint density at radius 2 is 1.65 bits per heavy atom. The van der Waals surface area contributed by atoms with Crippen LogP contribution in [0.3, 0.4) is 0 Å². The number of hydrogen-bond donors (Lipinski definition) is 4. The van der Waals surface area contributed by atoms with Crippen LogP contribution in [0.1, 0.15) is 58.9 Å². The topological polar surface area (TPSA) is 90.0 Å². The Morgan fingerprint density at radius 1 is 1.05 bits per heavy atom. The number of hydrogen-bond acceptors (Lipinski definition) is 7. The Labute approximate surface area is 247 Å². The monoisotopic (exact) mass is 610 g/mol. The van der Waals surface area contributed by atoms with E-state index in [0.717, 1.165) is 58.9 Å². The van der Waals surface area contributed by atoms with E-state index in [1.54, 1.807) is 6.20 Å². The Balaban J connectivity index is 0.00000216. The molecule has 0 aliphatic carbocycles. The molecule has 0 spiro atoms. The Bertz CT molecular complexity index is 1180. The van der Waals surface area contributed by atoms with E-state index in [1.165, 1.54) is 5.56 Å². The highest BCUT2D eigenvalue weighted by atomic mass is 79.9. The molecule has 216 valence electrons. The lowest BCUT2D eigenvalue weighted by Gasteiger charge is -2.33. The molecule has 0 aromatic heterocycles. The number of ether oxygens (including phenoxy) is 1. The normalized spacial score (nSPS) is 18.2. The second-order valence-electron chi connectivity index (χ2n) is 10.1. The first-order valence-electron chi connectivity index (χ1n) is 14.0. The summed E-state index contributed by atoms with van der Waals surface area (Å²) in [6.07, 6.45) is 4.07. The molecule has 2 aliphatic rings. The van der Waals surface area contributed by atoms with E-state index >= 15 is 0 Å². The lowest BCUT2D eigenvalue weighted by atomic mass is 10.0. The van der Waals surface area contributed by atoms with Gasteiger partial charge in [0.1, 0.15) is 17.7 Å². The summed E-state index contributed by atoms with van der Waals surface area (Å²) < 4.78 is 6.77. The second kappa shape index (κ2) is 15.5. The molecule has 40 heavy (non-hydrogen) atoms. The van der Waals surface area contributed by atoms with Crippen molar-refractivity contribution in [3.8, 4) is 11.5 Å². The van der Waals surface area contributed by atoms with Crippen molar-refractivity contribution in [3.63, 3.8) is 0 Å². The molecule has 2 aromatic carbocycles. The van der Waals surface area contributed by atoms with Crippen LogP contribution in [0.2, 0.25) is 0 Å². The van der Waals surface area contributed by atoms with Crippen molar-refractivity contribution in [2.75, 3.05) is 25.5 Å². The van der Waals surface area contributed by atoms with Gasteiger partial charge in [-0.3, -0.25) is 4.79 Å². The highest BCUT2D eigenvalue weighted by Gasteiger charge is 2.25. The van der Waals surface area contributed by atoms with Crippen LogP contribution >= 0.6 is 15.9 Å². The number of allylic oxidation sites excluding steroid dienone is 1. The molecule has 2 heterocycles. The van der Waals surface area contributed by atoms with Gasteiger partial charge in [-0.1, -0.05) is 39.8 Å². The van der Waals surface area contributed by atoms with Crippen LogP contribution in [0.25, 0.3) is 0 Å². The number of halogens is 1. The zero-order valence-electron chi connectivity index (χ0n) is 24.4. The standard InChI is InChI=1S/C29H37BrN6O2.C2H6/c1-19(2)21-5-9-24(10-6-21)38-25-11-7-22(8-12-25)32-28-20(3)27(26(30)17-31-18-37)34-29(35-28)33-23-13-15-36(4)16-14-23;1-2/h5-12,17-19,23,28,32H,13-16H2,1-4H3,(H,31,37)(H2,33,34,35);1-2H3/b26-17+;. The minimum Gasteiger partial charge on any atom is -0.457 e. The lowest BCUT2D eigenvalue weighted by molar-refractivity contribution is -0.108. The quantitative estimate of drug-likeness (QED) is 0.250. The lowest BCUT2D eigenvalue weighted by Crippen LogP contribution is -2.50. The smallest absolute Gasteiger partial charge is 0.211 e.